The van der Waals surface area contributed by atoms with Gasteiger partial charge in [-0.1, -0.05) is 30.3 Å². The molecule has 1 heterocycles. The van der Waals surface area contributed by atoms with Crippen molar-refractivity contribution in [2.24, 2.45) is 0 Å². The predicted octanol–water partition coefficient (Wildman–Crippen LogP) is 2.85. The SMILES string of the molecule is CC(C)[NH+](CCNC(=O)c1sccc1-c1ccccc1)C(C)C. The molecule has 0 radical (unpaired) electrons. The smallest absolute Gasteiger partial charge is 0.262 e. The van der Waals surface area contributed by atoms with Crippen molar-refractivity contribution in [1.29, 1.82) is 0 Å². The minimum absolute atomic E-state index is 0.0331. The van der Waals surface area contributed by atoms with Crippen LogP contribution in [-0.2, 0) is 0 Å². The Bertz CT molecular complexity index is 611. The van der Waals surface area contributed by atoms with Gasteiger partial charge in [-0.05, 0) is 44.7 Å². The van der Waals surface area contributed by atoms with Crippen molar-refractivity contribution in [2.45, 2.75) is 39.8 Å². The summed E-state index contributed by atoms with van der Waals surface area (Å²) in [5.41, 5.74) is 2.11. The van der Waals surface area contributed by atoms with E-state index in [-0.39, 0.29) is 5.91 Å². The Morgan fingerprint density at radius 2 is 1.74 bits per heavy atom. The monoisotopic (exact) mass is 331 g/mol. The summed E-state index contributed by atoms with van der Waals surface area (Å²) in [6.45, 7) is 10.6. The number of amides is 1. The van der Waals surface area contributed by atoms with Gasteiger partial charge in [0.2, 0.25) is 0 Å². The van der Waals surface area contributed by atoms with Crippen molar-refractivity contribution in [2.75, 3.05) is 13.1 Å². The number of quaternary nitrogens is 1. The second-order valence-electron chi connectivity index (χ2n) is 6.42. The average molecular weight is 332 g/mol. The van der Waals surface area contributed by atoms with Gasteiger partial charge in [-0.25, -0.2) is 0 Å². The molecule has 4 heteroatoms. The molecule has 1 aromatic carbocycles. The van der Waals surface area contributed by atoms with Crippen molar-refractivity contribution in [3.8, 4) is 11.1 Å². The first-order chi connectivity index (χ1) is 11.0. The Hall–Kier alpha value is -1.65. The highest BCUT2D eigenvalue weighted by molar-refractivity contribution is 7.12. The van der Waals surface area contributed by atoms with Crippen LogP contribution in [0.15, 0.2) is 41.8 Å². The number of carbonyl (C=O) groups is 1. The molecular weight excluding hydrogens is 304 g/mol. The molecule has 0 spiro atoms. The molecule has 0 aliphatic heterocycles. The lowest BCUT2D eigenvalue weighted by Gasteiger charge is -2.27. The lowest BCUT2D eigenvalue weighted by Crippen LogP contribution is -3.18. The molecule has 0 fully saturated rings. The van der Waals surface area contributed by atoms with Gasteiger partial charge in [0.25, 0.3) is 5.91 Å². The minimum atomic E-state index is 0.0331. The summed E-state index contributed by atoms with van der Waals surface area (Å²) in [6.07, 6.45) is 0. The van der Waals surface area contributed by atoms with Gasteiger partial charge in [-0.3, -0.25) is 4.79 Å². The summed E-state index contributed by atoms with van der Waals surface area (Å²) in [5, 5.41) is 5.07. The zero-order chi connectivity index (χ0) is 16.8. The third-order valence-electron chi connectivity index (χ3n) is 4.14. The molecule has 3 nitrogen and oxygen atoms in total. The van der Waals surface area contributed by atoms with Gasteiger partial charge in [0.05, 0.1) is 30.1 Å². The number of thiophene rings is 1. The third-order valence-corrected chi connectivity index (χ3v) is 5.05. The van der Waals surface area contributed by atoms with Gasteiger partial charge in [0, 0.05) is 5.56 Å². The van der Waals surface area contributed by atoms with Gasteiger partial charge in [0.15, 0.2) is 0 Å². The first-order valence-electron chi connectivity index (χ1n) is 8.27. The Labute approximate surface area is 143 Å². The van der Waals surface area contributed by atoms with Crippen LogP contribution in [0.3, 0.4) is 0 Å². The molecule has 1 amide bonds. The molecule has 124 valence electrons. The molecule has 0 saturated carbocycles. The van der Waals surface area contributed by atoms with E-state index in [1.165, 1.54) is 16.2 Å². The highest BCUT2D eigenvalue weighted by Gasteiger charge is 2.18. The summed E-state index contributed by atoms with van der Waals surface area (Å²) in [7, 11) is 0. The van der Waals surface area contributed by atoms with Crippen molar-refractivity contribution in [3.05, 3.63) is 46.7 Å². The summed E-state index contributed by atoms with van der Waals surface area (Å²) in [6, 6.07) is 13.2. The lowest BCUT2D eigenvalue weighted by molar-refractivity contribution is -0.941. The van der Waals surface area contributed by atoms with E-state index in [1.807, 2.05) is 41.8 Å². The van der Waals surface area contributed by atoms with Gasteiger partial charge >= 0.3 is 0 Å². The lowest BCUT2D eigenvalue weighted by atomic mass is 10.1. The second-order valence-corrected chi connectivity index (χ2v) is 7.34. The highest BCUT2D eigenvalue weighted by atomic mass is 32.1. The summed E-state index contributed by atoms with van der Waals surface area (Å²) >= 11 is 1.51. The number of hydrogen-bond acceptors (Lipinski definition) is 2. The quantitative estimate of drug-likeness (QED) is 0.804. The van der Waals surface area contributed by atoms with Crippen LogP contribution in [0.4, 0.5) is 0 Å². The standard InChI is InChI=1S/C19H26N2OS/c1-14(2)21(15(3)4)12-11-20-19(22)18-17(10-13-23-18)16-8-6-5-7-9-16/h5-10,13-15H,11-12H2,1-4H3,(H,20,22)/p+1. The minimum Gasteiger partial charge on any atom is -0.346 e. The van der Waals surface area contributed by atoms with E-state index < -0.39 is 0 Å². The second kappa shape index (κ2) is 8.27. The van der Waals surface area contributed by atoms with Crippen molar-refractivity contribution in [3.63, 3.8) is 0 Å². The Morgan fingerprint density at radius 1 is 1.09 bits per heavy atom. The number of rotatable bonds is 7. The van der Waals surface area contributed by atoms with E-state index in [2.05, 4.69) is 33.0 Å². The van der Waals surface area contributed by atoms with Crippen LogP contribution in [-0.4, -0.2) is 31.1 Å². The summed E-state index contributed by atoms with van der Waals surface area (Å²) in [4.78, 5) is 14.8. The highest BCUT2D eigenvalue weighted by Crippen LogP contribution is 2.27. The normalized spacial score (nSPS) is 11.4. The Balaban J connectivity index is 1.99. The molecule has 0 aliphatic rings. The maximum Gasteiger partial charge on any atom is 0.262 e. The zero-order valence-corrected chi connectivity index (χ0v) is 15.2. The van der Waals surface area contributed by atoms with Crippen LogP contribution >= 0.6 is 11.3 Å². The number of carbonyl (C=O) groups excluding carboxylic acids is 1. The summed E-state index contributed by atoms with van der Waals surface area (Å²) < 4.78 is 0. The maximum atomic E-state index is 12.5. The first-order valence-corrected chi connectivity index (χ1v) is 9.15. The van der Waals surface area contributed by atoms with Gasteiger partial charge in [-0.2, -0.15) is 0 Å². The van der Waals surface area contributed by atoms with E-state index in [0.29, 0.717) is 18.6 Å². The van der Waals surface area contributed by atoms with E-state index >= 15 is 0 Å². The Morgan fingerprint density at radius 3 is 2.35 bits per heavy atom. The molecule has 1 aromatic heterocycles. The first kappa shape index (κ1) is 17.7. The number of nitrogens with one attached hydrogen (secondary N) is 2. The van der Waals surface area contributed by atoms with Crippen LogP contribution in [0.1, 0.15) is 37.4 Å². The molecule has 23 heavy (non-hydrogen) atoms. The molecule has 0 bridgehead atoms. The third kappa shape index (κ3) is 4.66. The van der Waals surface area contributed by atoms with Crippen molar-refractivity contribution in [1.82, 2.24) is 5.32 Å². The van der Waals surface area contributed by atoms with Gasteiger partial charge < -0.3 is 10.2 Å². The fourth-order valence-electron chi connectivity index (χ4n) is 2.97. The van der Waals surface area contributed by atoms with E-state index in [9.17, 15) is 4.79 Å². The molecule has 2 aromatic rings. The topological polar surface area (TPSA) is 33.5 Å². The van der Waals surface area contributed by atoms with E-state index in [1.54, 1.807) is 0 Å². The average Bonchev–Trinajstić information content (AvgIpc) is 3.01. The molecule has 0 atom stereocenters. The van der Waals surface area contributed by atoms with E-state index in [4.69, 9.17) is 0 Å². The maximum absolute atomic E-state index is 12.5. The van der Waals surface area contributed by atoms with Crippen LogP contribution in [0.25, 0.3) is 11.1 Å². The van der Waals surface area contributed by atoms with Crippen LogP contribution in [0, 0.1) is 0 Å². The number of benzene rings is 1. The fourth-order valence-corrected chi connectivity index (χ4v) is 3.81. The van der Waals surface area contributed by atoms with Crippen molar-refractivity contribution >= 4 is 17.2 Å². The van der Waals surface area contributed by atoms with Crippen LogP contribution in [0.5, 0.6) is 0 Å². The molecule has 0 saturated heterocycles. The van der Waals surface area contributed by atoms with Crippen molar-refractivity contribution < 1.29 is 9.69 Å². The number of hydrogen-bond donors (Lipinski definition) is 2. The molecule has 2 N–H and O–H groups in total. The van der Waals surface area contributed by atoms with Gasteiger partial charge in [0.1, 0.15) is 0 Å². The zero-order valence-electron chi connectivity index (χ0n) is 14.4. The molecule has 2 rings (SSSR count). The predicted molar refractivity (Wildman–Crippen MR) is 98.2 cm³/mol. The van der Waals surface area contributed by atoms with Crippen LogP contribution in [0.2, 0.25) is 0 Å². The fraction of sp³-hybridized carbons (Fsp3) is 0.421. The molecular formula is C19H27N2OS+. The summed E-state index contributed by atoms with van der Waals surface area (Å²) in [5.74, 6) is 0.0331. The Kier molecular flexibility index (Phi) is 6.37. The van der Waals surface area contributed by atoms with Crippen LogP contribution < -0.4 is 10.2 Å². The van der Waals surface area contributed by atoms with E-state index in [0.717, 1.165) is 22.5 Å². The molecule has 0 unspecified atom stereocenters. The molecule has 0 aliphatic carbocycles. The van der Waals surface area contributed by atoms with Gasteiger partial charge in [-0.15, -0.1) is 11.3 Å². The largest absolute Gasteiger partial charge is 0.346 e.